The number of carbonyl (C=O) groups excluding carboxylic acids is 1. The molecule has 1 aliphatic rings. The Kier molecular flexibility index (Phi) is 5.61. The molecule has 1 fully saturated rings. The van der Waals surface area contributed by atoms with Crippen LogP contribution in [0.2, 0.25) is 0 Å². The second-order valence-corrected chi connectivity index (χ2v) is 7.18. The van der Waals surface area contributed by atoms with Crippen LogP contribution in [0, 0.1) is 12.8 Å². The number of hydrogen-bond acceptors (Lipinski definition) is 3. The van der Waals surface area contributed by atoms with Crippen molar-refractivity contribution in [2.45, 2.75) is 46.1 Å². The fourth-order valence-corrected chi connectivity index (χ4v) is 3.73. The summed E-state index contributed by atoms with van der Waals surface area (Å²) in [7, 11) is 0. The lowest BCUT2D eigenvalue weighted by Gasteiger charge is -2.31. The van der Waals surface area contributed by atoms with Gasteiger partial charge in [0.15, 0.2) is 0 Å². The number of likely N-dealkylation sites (tertiary alicyclic amines) is 1. The number of amides is 1. The standard InChI is InChI=1S/C16H26N2OS/c1-12-4-5-16(20-12)13(2)17-9-6-15-7-10-18(11-8-15)14(3)19/h4-5,13,15,17H,6-11H2,1-3H3/t13-/m0/s1. The van der Waals surface area contributed by atoms with Gasteiger partial charge in [0.05, 0.1) is 0 Å². The van der Waals surface area contributed by atoms with Crippen molar-refractivity contribution < 1.29 is 4.79 Å². The van der Waals surface area contributed by atoms with E-state index in [2.05, 4.69) is 31.3 Å². The van der Waals surface area contributed by atoms with E-state index in [9.17, 15) is 4.79 Å². The summed E-state index contributed by atoms with van der Waals surface area (Å²) in [5.74, 6) is 0.999. The van der Waals surface area contributed by atoms with Gasteiger partial charge in [0.2, 0.25) is 5.91 Å². The SMILES string of the molecule is CC(=O)N1CCC(CCN[C@@H](C)c2ccc(C)s2)CC1. The lowest BCUT2D eigenvalue weighted by molar-refractivity contribution is -0.130. The van der Waals surface area contributed by atoms with Gasteiger partial charge in [-0.3, -0.25) is 4.79 Å². The molecule has 1 saturated heterocycles. The van der Waals surface area contributed by atoms with Crippen molar-refractivity contribution in [1.82, 2.24) is 10.2 Å². The van der Waals surface area contributed by atoms with Gasteiger partial charge < -0.3 is 10.2 Å². The highest BCUT2D eigenvalue weighted by Gasteiger charge is 2.20. The Hall–Kier alpha value is -0.870. The van der Waals surface area contributed by atoms with Crippen LogP contribution in [0.5, 0.6) is 0 Å². The Balaban J connectivity index is 1.65. The highest BCUT2D eigenvalue weighted by molar-refractivity contribution is 7.12. The molecule has 3 nitrogen and oxygen atoms in total. The fraction of sp³-hybridized carbons (Fsp3) is 0.688. The molecule has 112 valence electrons. The van der Waals surface area contributed by atoms with E-state index in [-0.39, 0.29) is 5.91 Å². The molecule has 1 amide bonds. The largest absolute Gasteiger partial charge is 0.343 e. The number of thiophene rings is 1. The fourth-order valence-electron chi connectivity index (χ4n) is 2.83. The molecule has 1 aromatic heterocycles. The summed E-state index contributed by atoms with van der Waals surface area (Å²) < 4.78 is 0. The maximum atomic E-state index is 11.3. The number of nitrogens with zero attached hydrogens (tertiary/aromatic N) is 1. The zero-order valence-electron chi connectivity index (χ0n) is 12.8. The first-order chi connectivity index (χ1) is 9.56. The molecular formula is C16H26N2OS. The number of piperidine rings is 1. The molecule has 2 heterocycles. The molecule has 1 N–H and O–H groups in total. The summed E-state index contributed by atoms with van der Waals surface area (Å²) in [6, 6.07) is 4.87. The minimum absolute atomic E-state index is 0.225. The van der Waals surface area contributed by atoms with Crippen molar-refractivity contribution in [1.29, 1.82) is 0 Å². The summed E-state index contributed by atoms with van der Waals surface area (Å²) in [5.41, 5.74) is 0. The Morgan fingerprint density at radius 2 is 2.15 bits per heavy atom. The molecule has 0 unspecified atom stereocenters. The summed E-state index contributed by atoms with van der Waals surface area (Å²) in [6.45, 7) is 9.03. The molecule has 20 heavy (non-hydrogen) atoms. The Morgan fingerprint density at radius 3 is 2.70 bits per heavy atom. The molecule has 0 saturated carbocycles. The quantitative estimate of drug-likeness (QED) is 0.903. The second-order valence-electron chi connectivity index (χ2n) is 5.86. The van der Waals surface area contributed by atoms with E-state index in [1.807, 2.05) is 16.2 Å². The number of aryl methyl sites for hydroxylation is 1. The van der Waals surface area contributed by atoms with Crippen molar-refractivity contribution in [2.24, 2.45) is 5.92 Å². The van der Waals surface area contributed by atoms with Gasteiger partial charge in [-0.15, -0.1) is 11.3 Å². The maximum absolute atomic E-state index is 11.3. The number of hydrogen-bond donors (Lipinski definition) is 1. The molecule has 1 atom stereocenters. The normalized spacial score (nSPS) is 18.2. The van der Waals surface area contributed by atoms with Gasteiger partial charge in [-0.1, -0.05) is 0 Å². The first kappa shape index (κ1) is 15.5. The van der Waals surface area contributed by atoms with Crippen molar-refractivity contribution in [3.8, 4) is 0 Å². The highest BCUT2D eigenvalue weighted by atomic mass is 32.1. The van der Waals surface area contributed by atoms with Crippen molar-refractivity contribution >= 4 is 17.2 Å². The number of rotatable bonds is 5. The average molecular weight is 294 g/mol. The van der Waals surface area contributed by atoms with Gasteiger partial charge in [-0.05, 0) is 57.7 Å². The van der Waals surface area contributed by atoms with Crippen molar-refractivity contribution in [3.63, 3.8) is 0 Å². The lowest BCUT2D eigenvalue weighted by Crippen LogP contribution is -2.37. The predicted octanol–water partition coefficient (Wildman–Crippen LogP) is 3.36. The van der Waals surface area contributed by atoms with Crippen LogP contribution in [0.25, 0.3) is 0 Å². The van der Waals surface area contributed by atoms with Crippen LogP contribution < -0.4 is 5.32 Å². The third kappa shape index (κ3) is 4.32. The Morgan fingerprint density at radius 1 is 1.45 bits per heavy atom. The third-order valence-corrected chi connectivity index (χ3v) is 5.43. The van der Waals surface area contributed by atoms with E-state index in [1.54, 1.807) is 6.92 Å². The zero-order valence-corrected chi connectivity index (χ0v) is 13.6. The van der Waals surface area contributed by atoms with Gasteiger partial charge >= 0.3 is 0 Å². The zero-order chi connectivity index (χ0) is 14.5. The van der Waals surface area contributed by atoms with Crippen molar-refractivity contribution in [3.05, 3.63) is 21.9 Å². The van der Waals surface area contributed by atoms with Crippen LogP contribution >= 0.6 is 11.3 Å². The second kappa shape index (κ2) is 7.23. The average Bonchev–Trinajstić information content (AvgIpc) is 2.86. The van der Waals surface area contributed by atoms with Gasteiger partial charge in [0, 0.05) is 35.8 Å². The lowest BCUT2D eigenvalue weighted by atomic mass is 9.93. The molecule has 0 radical (unpaired) electrons. The van der Waals surface area contributed by atoms with Crippen LogP contribution in [-0.4, -0.2) is 30.4 Å². The molecule has 4 heteroatoms. The van der Waals surface area contributed by atoms with Gasteiger partial charge in [-0.25, -0.2) is 0 Å². The molecule has 0 aliphatic carbocycles. The smallest absolute Gasteiger partial charge is 0.219 e. The predicted molar refractivity (Wildman–Crippen MR) is 85.1 cm³/mol. The first-order valence-electron chi connectivity index (χ1n) is 7.61. The number of carbonyl (C=O) groups is 1. The van der Waals surface area contributed by atoms with E-state index in [0.29, 0.717) is 6.04 Å². The van der Waals surface area contributed by atoms with Crippen LogP contribution in [0.4, 0.5) is 0 Å². The van der Waals surface area contributed by atoms with Gasteiger partial charge in [-0.2, -0.15) is 0 Å². The highest BCUT2D eigenvalue weighted by Crippen LogP contribution is 2.23. The van der Waals surface area contributed by atoms with Gasteiger partial charge in [0.1, 0.15) is 0 Å². The monoisotopic (exact) mass is 294 g/mol. The molecule has 0 bridgehead atoms. The minimum atomic E-state index is 0.225. The topological polar surface area (TPSA) is 32.3 Å². The van der Waals surface area contributed by atoms with E-state index in [4.69, 9.17) is 0 Å². The summed E-state index contributed by atoms with van der Waals surface area (Å²) in [4.78, 5) is 16.1. The molecule has 1 aliphatic heterocycles. The van der Waals surface area contributed by atoms with Crippen molar-refractivity contribution in [2.75, 3.05) is 19.6 Å². The molecule has 1 aromatic rings. The first-order valence-corrected chi connectivity index (χ1v) is 8.43. The van der Waals surface area contributed by atoms with E-state index < -0.39 is 0 Å². The van der Waals surface area contributed by atoms with Crippen LogP contribution in [0.3, 0.4) is 0 Å². The number of nitrogens with one attached hydrogen (secondary N) is 1. The molecule has 2 rings (SSSR count). The maximum Gasteiger partial charge on any atom is 0.219 e. The Labute approximate surface area is 126 Å². The molecule has 0 spiro atoms. The summed E-state index contributed by atoms with van der Waals surface area (Å²) >= 11 is 1.88. The van der Waals surface area contributed by atoms with Crippen LogP contribution in [0.1, 0.15) is 48.9 Å². The molecular weight excluding hydrogens is 268 g/mol. The summed E-state index contributed by atoms with van der Waals surface area (Å²) in [5, 5.41) is 3.62. The van der Waals surface area contributed by atoms with Crippen LogP contribution in [-0.2, 0) is 4.79 Å². The summed E-state index contributed by atoms with van der Waals surface area (Å²) in [6.07, 6.45) is 3.54. The Bertz CT molecular complexity index is 435. The van der Waals surface area contributed by atoms with Gasteiger partial charge in [0.25, 0.3) is 0 Å². The van der Waals surface area contributed by atoms with E-state index in [0.717, 1.165) is 38.4 Å². The van der Waals surface area contributed by atoms with Crippen LogP contribution in [0.15, 0.2) is 12.1 Å². The third-order valence-electron chi connectivity index (χ3n) is 4.25. The minimum Gasteiger partial charge on any atom is -0.343 e. The molecule has 0 aromatic carbocycles. The van der Waals surface area contributed by atoms with E-state index in [1.165, 1.54) is 16.2 Å². The van der Waals surface area contributed by atoms with E-state index >= 15 is 0 Å².